The monoisotopic (exact) mass is 397 g/mol. The number of nitrogens with zero attached hydrogens (tertiary/aromatic N) is 4. The average molecular weight is 397 g/mol. The molecule has 1 aliphatic carbocycles. The fraction of sp³-hybridized carbons (Fsp3) is 0.429. The topological polar surface area (TPSA) is 81.8 Å². The Balaban J connectivity index is 1.47. The Hall–Kier alpha value is -3.03. The van der Waals surface area contributed by atoms with Crippen LogP contribution in [0.15, 0.2) is 41.6 Å². The van der Waals surface area contributed by atoms with E-state index in [1.54, 1.807) is 12.1 Å². The van der Waals surface area contributed by atoms with Crippen LogP contribution in [-0.2, 0) is 11.3 Å². The second-order valence-corrected chi connectivity index (χ2v) is 7.70. The van der Waals surface area contributed by atoms with E-state index in [1.165, 1.54) is 40.3 Å². The van der Waals surface area contributed by atoms with E-state index >= 15 is 0 Å². The molecule has 0 spiro atoms. The van der Waals surface area contributed by atoms with Gasteiger partial charge < -0.3 is 5.32 Å². The Kier molecular flexibility index (Phi) is 5.42. The van der Waals surface area contributed by atoms with Gasteiger partial charge in [-0.3, -0.25) is 14.2 Å². The van der Waals surface area contributed by atoms with Gasteiger partial charge in [0.1, 0.15) is 11.2 Å². The van der Waals surface area contributed by atoms with Crippen LogP contribution in [0.4, 0.5) is 4.39 Å². The van der Waals surface area contributed by atoms with Crippen molar-refractivity contribution in [2.45, 2.75) is 51.6 Å². The molecule has 152 valence electrons. The Morgan fingerprint density at radius 3 is 2.76 bits per heavy atom. The lowest BCUT2D eigenvalue weighted by Crippen LogP contribution is -2.41. The maximum atomic E-state index is 13.1. The number of hydrogen-bond acceptors (Lipinski definition) is 4. The van der Waals surface area contributed by atoms with Crippen LogP contribution in [-0.4, -0.2) is 31.3 Å². The molecule has 0 saturated heterocycles. The molecule has 3 aromatic rings. The number of halogens is 1. The molecule has 1 fully saturated rings. The molecule has 0 aliphatic heterocycles. The van der Waals surface area contributed by atoms with E-state index in [0.717, 1.165) is 19.3 Å². The molecule has 4 rings (SSSR count). The average Bonchev–Trinajstić information content (AvgIpc) is 3.15. The van der Waals surface area contributed by atoms with Gasteiger partial charge in [0.15, 0.2) is 5.65 Å². The highest BCUT2D eigenvalue weighted by molar-refractivity contribution is 5.76. The number of carbonyl (C=O) groups is 1. The number of rotatable bonds is 5. The first kappa shape index (κ1) is 19.3. The summed E-state index contributed by atoms with van der Waals surface area (Å²) in [7, 11) is 0. The molecule has 1 N–H and O–H groups in total. The molecule has 1 saturated carbocycles. The van der Waals surface area contributed by atoms with Gasteiger partial charge in [-0.05, 0) is 43.0 Å². The summed E-state index contributed by atoms with van der Waals surface area (Å²) in [5.74, 6) is 0.102. The number of nitrogens with one attached hydrogen (secondary N) is 1. The van der Waals surface area contributed by atoms with Gasteiger partial charge in [0.2, 0.25) is 5.91 Å². The zero-order chi connectivity index (χ0) is 20.4. The zero-order valence-corrected chi connectivity index (χ0v) is 16.3. The Morgan fingerprint density at radius 2 is 2.00 bits per heavy atom. The number of amides is 1. The molecular formula is C21H24FN5O2. The third kappa shape index (κ3) is 4.06. The van der Waals surface area contributed by atoms with Gasteiger partial charge in [0.25, 0.3) is 5.56 Å². The summed E-state index contributed by atoms with van der Waals surface area (Å²) in [4.78, 5) is 29.4. The van der Waals surface area contributed by atoms with E-state index in [0.29, 0.717) is 22.6 Å². The number of benzene rings is 1. The molecule has 7 nitrogen and oxygen atoms in total. The molecule has 0 radical (unpaired) electrons. The van der Waals surface area contributed by atoms with E-state index in [2.05, 4.69) is 22.3 Å². The highest BCUT2D eigenvalue weighted by Gasteiger charge is 2.22. The molecule has 0 bridgehead atoms. The molecule has 1 aliphatic rings. The predicted octanol–water partition coefficient (Wildman–Crippen LogP) is 2.81. The van der Waals surface area contributed by atoms with Crippen LogP contribution >= 0.6 is 0 Å². The summed E-state index contributed by atoms with van der Waals surface area (Å²) in [6, 6.07) is 6.03. The van der Waals surface area contributed by atoms with Crippen molar-refractivity contribution in [3.05, 3.63) is 53.0 Å². The van der Waals surface area contributed by atoms with Gasteiger partial charge in [0, 0.05) is 19.0 Å². The summed E-state index contributed by atoms with van der Waals surface area (Å²) in [6.07, 6.45) is 7.64. The lowest BCUT2D eigenvalue weighted by atomic mass is 9.86. The highest BCUT2D eigenvalue weighted by atomic mass is 19.1. The minimum atomic E-state index is -0.346. The van der Waals surface area contributed by atoms with Crippen LogP contribution in [0.2, 0.25) is 0 Å². The van der Waals surface area contributed by atoms with Crippen molar-refractivity contribution in [2.24, 2.45) is 5.92 Å². The molecule has 1 aromatic carbocycles. The number of aromatic nitrogens is 4. The lowest BCUT2D eigenvalue weighted by Gasteiger charge is -2.29. The standard InChI is InChI=1S/C21H24FN5O2/c1-14-4-2-3-5-18(14)25-19(28)10-11-26-13-23-20-17(21(26)29)12-24-27(20)16-8-6-15(22)7-9-16/h6-9,12-14,18H,2-5,10-11H2,1H3,(H,25,28). The molecule has 2 atom stereocenters. The van der Waals surface area contributed by atoms with Gasteiger partial charge in [-0.15, -0.1) is 0 Å². The molecule has 29 heavy (non-hydrogen) atoms. The summed E-state index contributed by atoms with van der Waals surface area (Å²) in [6.45, 7) is 2.43. The van der Waals surface area contributed by atoms with Crippen LogP contribution in [0.1, 0.15) is 39.0 Å². The van der Waals surface area contributed by atoms with Crippen molar-refractivity contribution in [1.29, 1.82) is 0 Å². The Morgan fingerprint density at radius 1 is 1.24 bits per heavy atom. The number of fused-ring (bicyclic) bond motifs is 1. The normalized spacial score (nSPS) is 19.4. The van der Waals surface area contributed by atoms with E-state index in [1.807, 2.05) is 0 Å². The van der Waals surface area contributed by atoms with Crippen LogP contribution in [0.25, 0.3) is 16.7 Å². The lowest BCUT2D eigenvalue weighted by molar-refractivity contribution is -0.122. The number of hydrogen-bond donors (Lipinski definition) is 1. The van der Waals surface area contributed by atoms with E-state index < -0.39 is 0 Å². The zero-order valence-electron chi connectivity index (χ0n) is 16.3. The largest absolute Gasteiger partial charge is 0.353 e. The van der Waals surface area contributed by atoms with Crippen molar-refractivity contribution in [3.63, 3.8) is 0 Å². The van der Waals surface area contributed by atoms with Crippen molar-refractivity contribution in [2.75, 3.05) is 0 Å². The fourth-order valence-corrected chi connectivity index (χ4v) is 3.91. The third-order valence-corrected chi connectivity index (χ3v) is 5.66. The minimum absolute atomic E-state index is 0.0437. The van der Waals surface area contributed by atoms with E-state index in [-0.39, 0.29) is 36.3 Å². The maximum Gasteiger partial charge on any atom is 0.264 e. The van der Waals surface area contributed by atoms with Crippen LogP contribution in [0.3, 0.4) is 0 Å². The van der Waals surface area contributed by atoms with Crippen molar-refractivity contribution in [1.82, 2.24) is 24.6 Å². The number of carbonyl (C=O) groups excluding carboxylic acids is 1. The molecule has 2 heterocycles. The minimum Gasteiger partial charge on any atom is -0.353 e. The molecule has 2 aromatic heterocycles. The van der Waals surface area contributed by atoms with Gasteiger partial charge >= 0.3 is 0 Å². The fourth-order valence-electron chi connectivity index (χ4n) is 3.91. The maximum absolute atomic E-state index is 13.1. The summed E-state index contributed by atoms with van der Waals surface area (Å²) in [5.41, 5.74) is 0.771. The SMILES string of the molecule is CC1CCCCC1NC(=O)CCn1cnc2c(cnn2-c2ccc(F)cc2)c1=O. The van der Waals surface area contributed by atoms with Gasteiger partial charge in [-0.25, -0.2) is 14.1 Å². The summed E-state index contributed by atoms with van der Waals surface area (Å²) in [5, 5.41) is 7.68. The molecule has 8 heteroatoms. The first-order chi connectivity index (χ1) is 14.0. The number of aryl methyl sites for hydroxylation is 1. The van der Waals surface area contributed by atoms with E-state index in [9.17, 15) is 14.0 Å². The Labute approximate surface area is 167 Å². The smallest absolute Gasteiger partial charge is 0.264 e. The van der Waals surface area contributed by atoms with E-state index in [4.69, 9.17) is 0 Å². The van der Waals surface area contributed by atoms with Gasteiger partial charge in [-0.2, -0.15) is 5.10 Å². The second kappa shape index (κ2) is 8.14. The molecule has 1 amide bonds. The predicted molar refractivity (Wildman–Crippen MR) is 107 cm³/mol. The second-order valence-electron chi connectivity index (χ2n) is 7.70. The third-order valence-electron chi connectivity index (χ3n) is 5.66. The van der Waals surface area contributed by atoms with Crippen molar-refractivity contribution >= 4 is 16.9 Å². The van der Waals surface area contributed by atoms with Crippen molar-refractivity contribution in [3.8, 4) is 5.69 Å². The van der Waals surface area contributed by atoms with Crippen molar-refractivity contribution < 1.29 is 9.18 Å². The van der Waals surface area contributed by atoms with Gasteiger partial charge in [-0.1, -0.05) is 19.8 Å². The quantitative estimate of drug-likeness (QED) is 0.718. The van der Waals surface area contributed by atoms with Crippen LogP contribution in [0, 0.1) is 11.7 Å². The summed E-state index contributed by atoms with van der Waals surface area (Å²) >= 11 is 0. The highest BCUT2D eigenvalue weighted by Crippen LogP contribution is 2.23. The summed E-state index contributed by atoms with van der Waals surface area (Å²) < 4.78 is 16.1. The molecular weight excluding hydrogens is 373 g/mol. The first-order valence-corrected chi connectivity index (χ1v) is 10.0. The van der Waals surface area contributed by atoms with Gasteiger partial charge in [0.05, 0.1) is 18.2 Å². The first-order valence-electron chi connectivity index (χ1n) is 10.0. The van der Waals surface area contributed by atoms with Crippen LogP contribution in [0.5, 0.6) is 0 Å². The van der Waals surface area contributed by atoms with Crippen LogP contribution < -0.4 is 10.9 Å². The Bertz CT molecular complexity index is 1070. The molecule has 2 unspecified atom stereocenters.